The van der Waals surface area contributed by atoms with Gasteiger partial charge in [0.2, 0.25) is 15.9 Å². The molecule has 2 atom stereocenters. The Balaban J connectivity index is 2.37. The highest BCUT2D eigenvalue weighted by Crippen LogP contribution is 2.39. The number of alkyl halides is 3. The molecule has 0 saturated carbocycles. The van der Waals surface area contributed by atoms with Gasteiger partial charge in [0.15, 0.2) is 5.75 Å². The van der Waals surface area contributed by atoms with Gasteiger partial charge in [-0.05, 0) is 12.1 Å². The Morgan fingerprint density at radius 2 is 2.12 bits per heavy atom. The highest BCUT2D eigenvalue weighted by Gasteiger charge is 2.42. The van der Waals surface area contributed by atoms with E-state index < -0.39 is 28.1 Å². The molecule has 0 spiro atoms. The van der Waals surface area contributed by atoms with E-state index in [0.717, 1.165) is 0 Å². The summed E-state index contributed by atoms with van der Waals surface area (Å²) in [6.45, 7) is 1.18. The number of benzene rings is 1. The molecule has 0 saturated heterocycles. The topological polar surface area (TPSA) is 97.3 Å². The van der Waals surface area contributed by atoms with Crippen LogP contribution in [0.25, 0.3) is 0 Å². The van der Waals surface area contributed by atoms with Crippen molar-refractivity contribution in [3.05, 3.63) is 18.2 Å². The average Bonchev–Trinajstić information content (AvgIpc) is 2.48. The summed E-state index contributed by atoms with van der Waals surface area (Å²) in [6, 6.07) is 4.41. The lowest BCUT2D eigenvalue weighted by atomic mass is 10.2. The van der Waals surface area contributed by atoms with Gasteiger partial charge in [0, 0.05) is 13.0 Å². The second-order valence-corrected chi connectivity index (χ2v) is 7.03. The highest BCUT2D eigenvalue weighted by molar-refractivity contribution is 6.68. The summed E-state index contributed by atoms with van der Waals surface area (Å²) in [6.07, 6.45) is -3.33. The molecule has 8 nitrogen and oxygen atoms in total. The molecule has 1 heterocycles. The van der Waals surface area contributed by atoms with E-state index in [1.807, 2.05) is 0 Å². The van der Waals surface area contributed by atoms with Crippen LogP contribution in [0.15, 0.2) is 18.2 Å². The van der Waals surface area contributed by atoms with Crippen LogP contribution in [0.4, 0.5) is 5.69 Å². The van der Waals surface area contributed by atoms with Crippen LogP contribution in [-0.2, 0) is 14.4 Å². The van der Waals surface area contributed by atoms with E-state index in [4.69, 9.17) is 49.1 Å². The van der Waals surface area contributed by atoms with Gasteiger partial charge >= 0.3 is 5.91 Å². The SMILES string of the molecule is COc1ccc2c(c1)OC(O)C(=O)N2OC(NC(C)=O)C(Cl)(Cl)Cl. The number of carbonyl (C=O) groups excluding carboxylic acids is 2. The third kappa shape index (κ3) is 4.14. The number of hydrogen-bond acceptors (Lipinski definition) is 6. The number of fused-ring (bicyclic) bond motifs is 1. The van der Waals surface area contributed by atoms with Crippen molar-refractivity contribution in [3.8, 4) is 11.5 Å². The van der Waals surface area contributed by atoms with Crippen molar-refractivity contribution in [1.82, 2.24) is 5.32 Å². The van der Waals surface area contributed by atoms with Crippen molar-refractivity contribution in [3.63, 3.8) is 0 Å². The Kier molecular flexibility index (Phi) is 5.67. The molecule has 2 amide bonds. The molecule has 0 radical (unpaired) electrons. The molecule has 2 N–H and O–H groups in total. The van der Waals surface area contributed by atoms with E-state index >= 15 is 0 Å². The molecular weight excluding hydrogens is 387 g/mol. The molecule has 0 fully saturated rings. The van der Waals surface area contributed by atoms with Gasteiger partial charge in [-0.25, -0.2) is 4.84 Å². The van der Waals surface area contributed by atoms with Crippen LogP contribution in [-0.4, -0.2) is 40.3 Å². The fourth-order valence-corrected chi connectivity index (χ4v) is 2.12. The normalized spacial score (nSPS) is 18.5. The number of anilines is 1. The standard InChI is InChI=1S/C13H13Cl3N2O6/c1-6(19)17-12(13(14,15)16)24-18-8-4-3-7(22-2)5-9(8)23-11(21)10(18)20/h3-5,11-12,21H,1-2H3,(H,17,19). The fraction of sp³-hybridized carbons (Fsp3) is 0.385. The Bertz CT molecular complexity index is 651. The lowest BCUT2D eigenvalue weighted by Crippen LogP contribution is -2.54. The monoisotopic (exact) mass is 398 g/mol. The predicted octanol–water partition coefficient (Wildman–Crippen LogP) is 1.50. The molecular formula is C13H13Cl3N2O6. The number of nitrogens with one attached hydrogen (secondary N) is 1. The van der Waals surface area contributed by atoms with Crippen molar-refractivity contribution in [2.45, 2.75) is 23.2 Å². The van der Waals surface area contributed by atoms with Gasteiger partial charge in [-0.2, -0.15) is 5.06 Å². The molecule has 0 aromatic heterocycles. The second kappa shape index (κ2) is 7.20. The number of carbonyl (C=O) groups is 2. The quantitative estimate of drug-likeness (QED) is 0.588. The number of nitrogens with zero attached hydrogens (tertiary/aromatic N) is 1. The van der Waals surface area contributed by atoms with Crippen molar-refractivity contribution in [1.29, 1.82) is 0 Å². The zero-order chi connectivity index (χ0) is 18.1. The number of methoxy groups -OCH3 is 1. The molecule has 2 rings (SSSR count). The maximum Gasteiger partial charge on any atom is 0.320 e. The minimum absolute atomic E-state index is 0.104. The number of aliphatic hydroxyl groups excluding tert-OH is 1. The first-order chi connectivity index (χ1) is 11.1. The molecule has 2 unspecified atom stereocenters. The molecule has 24 heavy (non-hydrogen) atoms. The molecule has 1 aliphatic rings. The van der Waals surface area contributed by atoms with Gasteiger partial charge in [-0.1, -0.05) is 34.8 Å². The number of hydroxylamine groups is 1. The van der Waals surface area contributed by atoms with Gasteiger partial charge in [0.1, 0.15) is 11.4 Å². The first-order valence-electron chi connectivity index (χ1n) is 6.51. The minimum atomic E-state index is -2.08. The number of rotatable bonds is 4. The fourth-order valence-electron chi connectivity index (χ4n) is 1.84. The largest absolute Gasteiger partial charge is 0.497 e. The maximum absolute atomic E-state index is 12.1. The Labute approximate surface area is 152 Å². The first-order valence-corrected chi connectivity index (χ1v) is 7.64. The number of amides is 2. The zero-order valence-corrected chi connectivity index (χ0v) is 14.7. The Hall–Kier alpha value is -1.45. The summed E-state index contributed by atoms with van der Waals surface area (Å²) in [5.41, 5.74) is 0.135. The summed E-state index contributed by atoms with van der Waals surface area (Å²) < 4.78 is 8.04. The minimum Gasteiger partial charge on any atom is -0.497 e. The van der Waals surface area contributed by atoms with Crippen LogP contribution < -0.4 is 19.9 Å². The predicted molar refractivity (Wildman–Crippen MR) is 86.1 cm³/mol. The lowest BCUT2D eigenvalue weighted by molar-refractivity contribution is -0.156. The molecule has 1 aromatic rings. The van der Waals surface area contributed by atoms with Crippen molar-refractivity contribution < 1.29 is 29.0 Å². The highest BCUT2D eigenvalue weighted by atomic mass is 35.6. The van der Waals surface area contributed by atoms with Gasteiger partial charge in [0.05, 0.1) is 7.11 Å². The number of hydrogen-bond donors (Lipinski definition) is 2. The zero-order valence-electron chi connectivity index (χ0n) is 12.5. The van der Waals surface area contributed by atoms with E-state index in [1.54, 1.807) is 0 Å². The summed E-state index contributed by atoms with van der Waals surface area (Å²) in [5.74, 6) is -0.984. The van der Waals surface area contributed by atoms with E-state index in [2.05, 4.69) is 5.32 Å². The third-order valence-corrected chi connectivity index (χ3v) is 3.47. The van der Waals surface area contributed by atoms with E-state index in [1.165, 1.54) is 32.2 Å². The summed E-state index contributed by atoms with van der Waals surface area (Å²) >= 11 is 17.3. The average molecular weight is 400 g/mol. The van der Waals surface area contributed by atoms with Gasteiger partial charge < -0.3 is 19.9 Å². The van der Waals surface area contributed by atoms with Crippen molar-refractivity contribution >= 4 is 52.3 Å². The van der Waals surface area contributed by atoms with Crippen LogP contribution in [0.2, 0.25) is 0 Å². The van der Waals surface area contributed by atoms with Crippen LogP contribution in [0.5, 0.6) is 11.5 Å². The molecule has 0 aliphatic carbocycles. The van der Waals surface area contributed by atoms with Gasteiger partial charge in [-0.3, -0.25) is 9.59 Å². The van der Waals surface area contributed by atoms with E-state index in [-0.39, 0.29) is 11.4 Å². The maximum atomic E-state index is 12.1. The van der Waals surface area contributed by atoms with Crippen molar-refractivity contribution in [2.75, 3.05) is 12.2 Å². The Morgan fingerprint density at radius 3 is 2.67 bits per heavy atom. The van der Waals surface area contributed by atoms with E-state index in [9.17, 15) is 14.7 Å². The third-order valence-electron chi connectivity index (χ3n) is 2.88. The second-order valence-electron chi connectivity index (χ2n) is 4.66. The van der Waals surface area contributed by atoms with Crippen LogP contribution in [0.3, 0.4) is 0 Å². The van der Waals surface area contributed by atoms with Crippen LogP contribution in [0, 0.1) is 0 Å². The van der Waals surface area contributed by atoms with Gasteiger partial charge in [0.25, 0.3) is 6.29 Å². The van der Waals surface area contributed by atoms with E-state index in [0.29, 0.717) is 10.8 Å². The smallest absolute Gasteiger partial charge is 0.320 e. The number of aliphatic hydroxyl groups is 1. The number of halogens is 3. The summed E-state index contributed by atoms with van der Waals surface area (Å²) in [7, 11) is 1.44. The summed E-state index contributed by atoms with van der Waals surface area (Å²) in [5, 5.41) is 12.7. The molecule has 132 valence electrons. The van der Waals surface area contributed by atoms with Crippen molar-refractivity contribution in [2.24, 2.45) is 0 Å². The summed E-state index contributed by atoms with van der Waals surface area (Å²) in [4.78, 5) is 28.7. The Morgan fingerprint density at radius 1 is 1.46 bits per heavy atom. The number of ether oxygens (including phenoxy) is 2. The lowest BCUT2D eigenvalue weighted by Gasteiger charge is -2.35. The molecule has 11 heteroatoms. The van der Waals surface area contributed by atoms with Crippen LogP contribution in [0.1, 0.15) is 6.92 Å². The van der Waals surface area contributed by atoms with Crippen LogP contribution >= 0.6 is 34.8 Å². The molecule has 1 aliphatic heterocycles. The van der Waals surface area contributed by atoms with Gasteiger partial charge in [-0.15, -0.1) is 0 Å². The molecule has 0 bridgehead atoms. The molecule has 1 aromatic carbocycles. The first kappa shape index (κ1) is 18.9.